The molecule has 0 saturated heterocycles. The first-order valence-corrected chi connectivity index (χ1v) is 10.8. The molecule has 0 unspecified atom stereocenters. The zero-order valence-electron chi connectivity index (χ0n) is 15.5. The molecule has 1 aliphatic rings. The topological polar surface area (TPSA) is 75.7 Å². The van der Waals surface area contributed by atoms with Gasteiger partial charge >= 0.3 is 0 Å². The van der Waals surface area contributed by atoms with Crippen molar-refractivity contribution >= 4 is 21.6 Å². The number of benzene rings is 2. The van der Waals surface area contributed by atoms with Crippen LogP contribution in [-0.2, 0) is 21.2 Å². The first-order chi connectivity index (χ1) is 12.8. The van der Waals surface area contributed by atoms with Crippen molar-refractivity contribution in [2.75, 3.05) is 23.7 Å². The van der Waals surface area contributed by atoms with Gasteiger partial charge in [0.25, 0.3) is 5.91 Å². The van der Waals surface area contributed by atoms with E-state index in [0.29, 0.717) is 18.0 Å². The van der Waals surface area contributed by atoms with Crippen LogP contribution in [0, 0.1) is 6.92 Å². The van der Waals surface area contributed by atoms with E-state index in [-0.39, 0.29) is 12.5 Å². The fraction of sp³-hybridized carbons (Fsp3) is 0.350. The molecule has 3 rings (SSSR count). The minimum absolute atomic E-state index is 0.0280. The number of fused-ring (bicyclic) bond motifs is 1. The second kappa shape index (κ2) is 8.00. The van der Waals surface area contributed by atoms with E-state index in [9.17, 15) is 13.2 Å². The van der Waals surface area contributed by atoms with Gasteiger partial charge in [0.2, 0.25) is 10.0 Å². The summed E-state index contributed by atoms with van der Waals surface area (Å²) in [6.07, 6.45) is 1.93. The summed E-state index contributed by atoms with van der Waals surface area (Å²) in [4.78, 5) is 12.5. The molecule has 27 heavy (non-hydrogen) atoms. The molecule has 1 aliphatic heterocycles. The van der Waals surface area contributed by atoms with Crippen LogP contribution in [0.4, 0.5) is 5.69 Å². The number of nitrogens with one attached hydrogen (secondary N) is 1. The lowest BCUT2D eigenvalue weighted by molar-refractivity contribution is -0.127. The van der Waals surface area contributed by atoms with E-state index >= 15 is 0 Å². The molecule has 0 spiro atoms. The molecule has 0 aliphatic carbocycles. The molecule has 144 valence electrons. The molecule has 1 N–H and O–H groups in total. The zero-order valence-corrected chi connectivity index (χ0v) is 16.3. The van der Waals surface area contributed by atoms with Crippen LogP contribution in [-0.4, -0.2) is 39.8 Å². The Hall–Kier alpha value is -2.54. The first kappa shape index (κ1) is 19.2. The predicted molar refractivity (Wildman–Crippen MR) is 106 cm³/mol. The monoisotopic (exact) mass is 388 g/mol. The molecule has 1 amide bonds. The highest BCUT2D eigenvalue weighted by molar-refractivity contribution is 7.92. The average Bonchev–Trinajstić information content (AvgIpc) is 2.64. The lowest BCUT2D eigenvalue weighted by Gasteiger charge is -2.34. The van der Waals surface area contributed by atoms with E-state index in [0.717, 1.165) is 24.7 Å². The third-order valence-corrected chi connectivity index (χ3v) is 5.61. The second-order valence-electron chi connectivity index (χ2n) is 6.75. The summed E-state index contributed by atoms with van der Waals surface area (Å²) in [5, 5.41) is 2.85. The van der Waals surface area contributed by atoms with Crippen LogP contribution >= 0.6 is 0 Å². The van der Waals surface area contributed by atoms with Crippen molar-refractivity contribution in [1.82, 2.24) is 5.32 Å². The summed E-state index contributed by atoms with van der Waals surface area (Å²) in [7, 11) is -3.51. The first-order valence-electron chi connectivity index (χ1n) is 8.91. The third kappa shape index (κ3) is 4.80. The molecular formula is C20H24N2O4S. The zero-order chi connectivity index (χ0) is 19.4. The molecule has 0 bridgehead atoms. The van der Waals surface area contributed by atoms with Crippen LogP contribution in [0.15, 0.2) is 48.5 Å². The molecule has 0 radical (unpaired) electrons. The van der Waals surface area contributed by atoms with Crippen molar-refractivity contribution in [1.29, 1.82) is 0 Å². The molecule has 6 nitrogen and oxygen atoms in total. The number of carbonyl (C=O) groups is 1. The largest absolute Gasteiger partial charge is 0.476 e. The Morgan fingerprint density at radius 2 is 1.96 bits per heavy atom. The number of nitrogens with zero attached hydrogens (tertiary/aromatic N) is 1. The van der Waals surface area contributed by atoms with Crippen LogP contribution < -0.4 is 14.4 Å². The maximum Gasteiger partial charge on any atom is 0.263 e. The predicted octanol–water partition coefficient (Wildman–Crippen LogP) is 2.27. The van der Waals surface area contributed by atoms with Crippen molar-refractivity contribution in [2.45, 2.75) is 25.9 Å². The molecule has 0 saturated carbocycles. The molecule has 1 heterocycles. The summed E-state index contributed by atoms with van der Waals surface area (Å²) in [5.41, 5.74) is 2.62. The summed E-state index contributed by atoms with van der Waals surface area (Å²) < 4.78 is 31.4. The highest BCUT2D eigenvalue weighted by Crippen LogP contribution is 2.35. The van der Waals surface area contributed by atoms with Crippen molar-refractivity contribution in [3.8, 4) is 5.75 Å². The van der Waals surface area contributed by atoms with Crippen LogP contribution in [0.3, 0.4) is 0 Å². The Morgan fingerprint density at radius 1 is 1.22 bits per heavy atom. The van der Waals surface area contributed by atoms with Gasteiger partial charge in [-0.05, 0) is 43.0 Å². The Morgan fingerprint density at radius 3 is 2.67 bits per heavy atom. The molecule has 0 aromatic heterocycles. The van der Waals surface area contributed by atoms with Gasteiger partial charge < -0.3 is 10.1 Å². The van der Waals surface area contributed by atoms with Gasteiger partial charge in [-0.3, -0.25) is 9.10 Å². The van der Waals surface area contributed by atoms with Crippen molar-refractivity contribution in [3.63, 3.8) is 0 Å². The van der Waals surface area contributed by atoms with Gasteiger partial charge in [-0.1, -0.05) is 36.4 Å². The van der Waals surface area contributed by atoms with Gasteiger partial charge in [-0.15, -0.1) is 0 Å². The van der Waals surface area contributed by atoms with Crippen LogP contribution in [0.1, 0.15) is 17.5 Å². The van der Waals surface area contributed by atoms with Crippen molar-refractivity contribution in [2.24, 2.45) is 0 Å². The van der Waals surface area contributed by atoms with Gasteiger partial charge in [0, 0.05) is 6.54 Å². The van der Waals surface area contributed by atoms with E-state index < -0.39 is 16.1 Å². The fourth-order valence-electron chi connectivity index (χ4n) is 3.07. The standard InChI is InChI=1S/C20H24N2O4S/c1-15-10-11-18-17(13-15)22(27(2,24)25)14-19(26-18)20(23)21-12-6-9-16-7-4-3-5-8-16/h3-5,7-8,10-11,13,19H,6,9,12,14H2,1-2H3,(H,21,23)/t19-/m1/s1. The smallest absolute Gasteiger partial charge is 0.263 e. The Balaban J connectivity index is 1.63. The molecule has 2 aromatic carbocycles. The number of aryl methyl sites for hydroxylation is 2. The van der Waals surface area contributed by atoms with Crippen molar-refractivity contribution in [3.05, 3.63) is 59.7 Å². The molecule has 1 atom stereocenters. The van der Waals surface area contributed by atoms with Crippen molar-refractivity contribution < 1.29 is 17.9 Å². The molecular weight excluding hydrogens is 364 g/mol. The summed E-state index contributed by atoms with van der Waals surface area (Å²) in [6, 6.07) is 15.3. The highest BCUT2D eigenvalue weighted by atomic mass is 32.2. The van der Waals surface area contributed by atoms with Gasteiger partial charge in [-0.2, -0.15) is 0 Å². The number of rotatable bonds is 6. The maximum absolute atomic E-state index is 12.5. The Kier molecular flexibility index (Phi) is 5.70. The van der Waals surface area contributed by atoms with Gasteiger partial charge in [0.05, 0.1) is 18.5 Å². The Bertz CT molecular complexity index is 913. The summed E-state index contributed by atoms with van der Waals surface area (Å²) in [5.74, 6) is 0.102. The highest BCUT2D eigenvalue weighted by Gasteiger charge is 2.34. The lowest BCUT2D eigenvalue weighted by Crippen LogP contribution is -2.50. The number of hydrogen-bond acceptors (Lipinski definition) is 4. The normalized spacial score (nSPS) is 16.4. The van der Waals surface area contributed by atoms with E-state index in [1.165, 1.54) is 9.87 Å². The number of carbonyl (C=O) groups excluding carboxylic acids is 1. The van der Waals surface area contributed by atoms with Crippen LogP contribution in [0.5, 0.6) is 5.75 Å². The number of amides is 1. The number of hydrogen-bond donors (Lipinski definition) is 1. The number of sulfonamides is 1. The minimum atomic E-state index is -3.51. The minimum Gasteiger partial charge on any atom is -0.476 e. The van der Waals surface area contributed by atoms with E-state index in [1.807, 2.05) is 31.2 Å². The average molecular weight is 388 g/mol. The third-order valence-electron chi connectivity index (χ3n) is 4.46. The van der Waals surface area contributed by atoms with Gasteiger partial charge in [-0.25, -0.2) is 8.42 Å². The second-order valence-corrected chi connectivity index (χ2v) is 8.66. The maximum atomic E-state index is 12.5. The molecule has 2 aromatic rings. The lowest BCUT2D eigenvalue weighted by atomic mass is 10.1. The van der Waals surface area contributed by atoms with E-state index in [2.05, 4.69) is 17.4 Å². The number of ether oxygens (including phenoxy) is 1. The van der Waals surface area contributed by atoms with Crippen LogP contribution in [0.25, 0.3) is 0 Å². The number of anilines is 1. The fourth-order valence-corrected chi connectivity index (χ4v) is 3.98. The Labute approximate surface area is 160 Å². The molecule has 0 fully saturated rings. The summed E-state index contributed by atoms with van der Waals surface area (Å²) in [6.45, 7) is 2.36. The van der Waals surface area contributed by atoms with Gasteiger partial charge in [0.15, 0.2) is 6.10 Å². The SMILES string of the molecule is Cc1ccc2c(c1)N(S(C)(=O)=O)C[C@H](C(=O)NCCCc1ccccc1)O2. The summed E-state index contributed by atoms with van der Waals surface area (Å²) >= 11 is 0. The quantitative estimate of drug-likeness (QED) is 0.771. The van der Waals surface area contributed by atoms with Gasteiger partial charge in [0.1, 0.15) is 5.75 Å². The van der Waals surface area contributed by atoms with E-state index in [4.69, 9.17) is 4.74 Å². The molecule has 7 heteroatoms. The van der Waals surface area contributed by atoms with E-state index in [1.54, 1.807) is 12.1 Å². The van der Waals surface area contributed by atoms with Crippen LogP contribution in [0.2, 0.25) is 0 Å².